The van der Waals surface area contributed by atoms with E-state index in [4.69, 9.17) is 4.74 Å². The minimum atomic E-state index is -0.143. The second kappa shape index (κ2) is 5.57. The van der Waals surface area contributed by atoms with Crippen LogP contribution in [0.2, 0.25) is 0 Å². The van der Waals surface area contributed by atoms with E-state index in [-0.39, 0.29) is 17.5 Å². The van der Waals surface area contributed by atoms with Crippen LogP contribution in [0, 0.1) is 29.1 Å². The van der Waals surface area contributed by atoms with Gasteiger partial charge in [0.15, 0.2) is 5.78 Å². The molecule has 3 nitrogen and oxygen atoms in total. The van der Waals surface area contributed by atoms with Gasteiger partial charge in [-0.15, -0.1) is 0 Å². The van der Waals surface area contributed by atoms with Crippen molar-refractivity contribution < 1.29 is 14.3 Å². The van der Waals surface area contributed by atoms with Gasteiger partial charge in [0.1, 0.15) is 6.10 Å². The summed E-state index contributed by atoms with van der Waals surface area (Å²) in [5.74, 6) is 2.59. The zero-order valence-corrected chi connectivity index (χ0v) is 15.0. The molecule has 2 fully saturated rings. The highest BCUT2D eigenvalue weighted by molar-refractivity contribution is 5.92. The van der Waals surface area contributed by atoms with E-state index in [2.05, 4.69) is 19.9 Å². The molecule has 0 heterocycles. The topological polar surface area (TPSA) is 43.4 Å². The highest BCUT2D eigenvalue weighted by Gasteiger charge is 2.57. The van der Waals surface area contributed by atoms with Crippen molar-refractivity contribution >= 4 is 11.8 Å². The van der Waals surface area contributed by atoms with Crippen molar-refractivity contribution in [3.05, 3.63) is 23.3 Å². The lowest BCUT2D eigenvalue weighted by atomic mass is 9.52. The molecule has 0 aromatic rings. The third kappa shape index (κ3) is 2.31. The van der Waals surface area contributed by atoms with Crippen LogP contribution in [0.3, 0.4) is 0 Å². The largest absolute Gasteiger partial charge is 0.462 e. The molecule has 0 spiro atoms. The lowest BCUT2D eigenvalue weighted by Gasteiger charge is -2.53. The van der Waals surface area contributed by atoms with E-state index < -0.39 is 0 Å². The quantitative estimate of drug-likeness (QED) is 0.677. The molecule has 0 aliphatic heterocycles. The maximum absolute atomic E-state index is 11.8. The summed E-state index contributed by atoms with van der Waals surface area (Å²) in [5, 5.41) is 0. The van der Waals surface area contributed by atoms with E-state index in [0.717, 1.165) is 25.7 Å². The molecule has 0 aromatic heterocycles. The maximum Gasteiger partial charge on any atom is 0.302 e. The smallest absolute Gasteiger partial charge is 0.302 e. The summed E-state index contributed by atoms with van der Waals surface area (Å²) in [6.45, 7) is 6.13. The molecule has 3 heteroatoms. The number of carbonyl (C=O) groups excluding carboxylic acids is 2. The van der Waals surface area contributed by atoms with Crippen molar-refractivity contribution in [2.45, 2.75) is 65.4 Å². The number of esters is 1. The Balaban J connectivity index is 1.68. The summed E-state index contributed by atoms with van der Waals surface area (Å²) in [7, 11) is 0. The van der Waals surface area contributed by atoms with Gasteiger partial charge in [0.05, 0.1) is 0 Å². The average Bonchev–Trinajstić information content (AvgIpc) is 2.83. The molecular formula is C21H28O3. The fourth-order valence-electron chi connectivity index (χ4n) is 6.42. The van der Waals surface area contributed by atoms with Crippen molar-refractivity contribution in [3.63, 3.8) is 0 Å². The second-order valence-electron chi connectivity index (χ2n) is 8.66. The van der Waals surface area contributed by atoms with E-state index >= 15 is 0 Å². The molecule has 0 saturated heterocycles. The average molecular weight is 328 g/mol. The molecule has 0 amide bonds. The lowest BCUT2D eigenvalue weighted by molar-refractivity contribution is -0.155. The van der Waals surface area contributed by atoms with Gasteiger partial charge in [-0.1, -0.05) is 18.6 Å². The van der Waals surface area contributed by atoms with Crippen LogP contribution in [0.15, 0.2) is 23.3 Å². The fourth-order valence-corrected chi connectivity index (χ4v) is 6.42. The third-order valence-corrected chi connectivity index (χ3v) is 7.44. The van der Waals surface area contributed by atoms with Crippen LogP contribution in [-0.4, -0.2) is 17.9 Å². The van der Waals surface area contributed by atoms with Gasteiger partial charge >= 0.3 is 5.97 Å². The zero-order chi connectivity index (χ0) is 17.1. The van der Waals surface area contributed by atoms with Gasteiger partial charge in [0, 0.05) is 18.8 Å². The SMILES string of the molecule is CC(=O)OC1CCC2C3C(C)=CC4=CC(=O)CCC4C3CCC12C. The molecule has 0 bridgehead atoms. The fraction of sp³-hybridized carbons (Fsp3) is 0.714. The third-order valence-electron chi connectivity index (χ3n) is 7.44. The van der Waals surface area contributed by atoms with Gasteiger partial charge in [-0.25, -0.2) is 0 Å². The van der Waals surface area contributed by atoms with Crippen molar-refractivity contribution in [2.24, 2.45) is 29.1 Å². The molecule has 0 radical (unpaired) electrons. The first-order valence-electron chi connectivity index (χ1n) is 9.50. The Morgan fingerprint density at radius 1 is 1.21 bits per heavy atom. The first-order valence-corrected chi connectivity index (χ1v) is 9.50. The van der Waals surface area contributed by atoms with Crippen LogP contribution in [0.4, 0.5) is 0 Å². The van der Waals surface area contributed by atoms with Gasteiger partial charge in [0.25, 0.3) is 0 Å². The van der Waals surface area contributed by atoms with Crippen molar-refractivity contribution in [1.82, 2.24) is 0 Å². The summed E-state index contributed by atoms with van der Waals surface area (Å²) in [6, 6.07) is 0. The molecule has 130 valence electrons. The van der Waals surface area contributed by atoms with Crippen molar-refractivity contribution in [3.8, 4) is 0 Å². The number of rotatable bonds is 1. The van der Waals surface area contributed by atoms with Crippen LogP contribution >= 0.6 is 0 Å². The van der Waals surface area contributed by atoms with Crippen molar-refractivity contribution in [1.29, 1.82) is 0 Å². The number of hydrogen-bond acceptors (Lipinski definition) is 3. The summed E-state index contributed by atoms with van der Waals surface area (Å²) in [4.78, 5) is 23.3. The number of allylic oxidation sites excluding steroid dienone is 4. The predicted octanol–water partition coefficient (Wildman–Crippen LogP) is 4.23. The monoisotopic (exact) mass is 328 g/mol. The van der Waals surface area contributed by atoms with Gasteiger partial charge in [-0.05, 0) is 74.3 Å². The number of ether oxygens (including phenoxy) is 1. The molecule has 0 aromatic carbocycles. The normalized spacial score (nSPS) is 44.0. The van der Waals surface area contributed by atoms with E-state index in [0.29, 0.717) is 35.9 Å². The summed E-state index contributed by atoms with van der Waals surface area (Å²) in [5.41, 5.74) is 2.84. The van der Waals surface area contributed by atoms with Gasteiger partial charge in [-0.2, -0.15) is 0 Å². The van der Waals surface area contributed by atoms with Crippen LogP contribution < -0.4 is 0 Å². The maximum atomic E-state index is 11.8. The molecule has 6 unspecified atom stereocenters. The van der Waals surface area contributed by atoms with E-state index in [9.17, 15) is 9.59 Å². The molecule has 0 N–H and O–H groups in total. The van der Waals surface area contributed by atoms with Gasteiger partial charge in [-0.3, -0.25) is 9.59 Å². The highest BCUT2D eigenvalue weighted by Crippen LogP contribution is 2.62. The number of carbonyl (C=O) groups is 2. The van der Waals surface area contributed by atoms with Gasteiger partial charge < -0.3 is 4.74 Å². The van der Waals surface area contributed by atoms with E-state index in [1.165, 1.54) is 24.5 Å². The number of ketones is 1. The molecule has 4 aliphatic carbocycles. The van der Waals surface area contributed by atoms with Crippen molar-refractivity contribution in [2.75, 3.05) is 0 Å². The van der Waals surface area contributed by atoms with Crippen LogP contribution in [0.25, 0.3) is 0 Å². The first kappa shape index (κ1) is 16.1. The summed E-state index contributed by atoms with van der Waals surface area (Å²) in [6.07, 6.45) is 10.5. The zero-order valence-electron chi connectivity index (χ0n) is 15.0. The lowest BCUT2D eigenvalue weighted by Crippen LogP contribution is -2.48. The minimum Gasteiger partial charge on any atom is -0.462 e. The minimum absolute atomic E-state index is 0.0821. The molecular weight excluding hydrogens is 300 g/mol. The number of hydrogen-bond donors (Lipinski definition) is 0. The summed E-state index contributed by atoms with van der Waals surface area (Å²) < 4.78 is 5.70. The van der Waals surface area contributed by atoms with Crippen LogP contribution in [0.5, 0.6) is 0 Å². The molecule has 4 aliphatic rings. The van der Waals surface area contributed by atoms with E-state index in [1.807, 2.05) is 6.08 Å². The van der Waals surface area contributed by atoms with E-state index in [1.54, 1.807) is 0 Å². The Morgan fingerprint density at radius 2 is 2.00 bits per heavy atom. The standard InChI is InChI=1S/C21H28O3/c1-12-10-14-11-15(23)4-5-16(14)17-8-9-21(3)18(20(12)17)6-7-19(21)24-13(2)22/h10-11,16-20H,4-9H2,1-3H3. The van der Waals surface area contributed by atoms with Crippen LogP contribution in [0.1, 0.15) is 59.3 Å². The molecule has 2 saturated carbocycles. The Bertz CT molecular complexity index is 643. The van der Waals surface area contributed by atoms with Crippen LogP contribution in [-0.2, 0) is 14.3 Å². The predicted molar refractivity (Wildman–Crippen MR) is 92.2 cm³/mol. The Kier molecular flexibility index (Phi) is 3.74. The van der Waals surface area contributed by atoms with Gasteiger partial charge in [0.2, 0.25) is 0 Å². The summed E-state index contributed by atoms with van der Waals surface area (Å²) >= 11 is 0. The molecule has 6 atom stereocenters. The Hall–Kier alpha value is -1.38. The molecule has 24 heavy (non-hydrogen) atoms. The number of fused-ring (bicyclic) bond motifs is 5. The Labute approximate surface area is 144 Å². The first-order chi connectivity index (χ1) is 11.4. The highest BCUT2D eigenvalue weighted by atomic mass is 16.5. The molecule has 4 rings (SSSR count). The Morgan fingerprint density at radius 3 is 2.75 bits per heavy atom. The second-order valence-corrected chi connectivity index (χ2v) is 8.66.